The summed E-state index contributed by atoms with van der Waals surface area (Å²) in [5.74, 6) is -4.45. The molecular weight excluding hydrogens is 1190 g/mol. The molecule has 0 aliphatic rings. The van der Waals surface area contributed by atoms with Crippen LogP contribution in [0.2, 0.25) is 0 Å². The largest absolute Gasteiger partial charge is 0.478 e. The van der Waals surface area contributed by atoms with Crippen molar-refractivity contribution in [3.8, 4) is 0 Å². The third kappa shape index (κ3) is 10.2. The van der Waals surface area contributed by atoms with Gasteiger partial charge in [0, 0.05) is 32.5 Å². The van der Waals surface area contributed by atoms with Gasteiger partial charge in [-0.25, -0.2) is 83.2 Å². The summed E-state index contributed by atoms with van der Waals surface area (Å²) in [7, 11) is 7.36. The number of carboxylic acids is 4. The number of hydrogen-bond acceptors (Lipinski definition) is 19. The topological polar surface area (TPSA) is 355 Å². The van der Waals surface area contributed by atoms with Crippen molar-refractivity contribution in [1.29, 1.82) is 0 Å². The maximum Gasteiger partial charge on any atom is 0.335 e. The number of benzene rings is 8. The molecule has 0 aliphatic carbocycles. The van der Waals surface area contributed by atoms with Crippen molar-refractivity contribution in [2.24, 2.45) is 0 Å². The second-order valence-electron chi connectivity index (χ2n) is 17.7. The van der Waals surface area contributed by atoms with E-state index < -0.39 is 43.6 Å². The zero-order valence-electron chi connectivity index (χ0n) is 40.3. The molecule has 414 valence electrons. The molecule has 14 aromatic rings. The van der Waals surface area contributed by atoms with Crippen molar-refractivity contribution in [2.45, 2.75) is 14.9 Å². The predicted octanol–water partition coefficient (Wildman–Crippen LogP) is 11.8. The first kappa shape index (κ1) is 57.1. The first-order valence-electron chi connectivity index (χ1n) is 23.3. The van der Waals surface area contributed by atoms with E-state index in [1.165, 1.54) is 60.7 Å². The highest BCUT2D eigenvalue weighted by molar-refractivity contribution is 8.26. The third-order valence-corrected chi connectivity index (χ3v) is 13.2. The Morgan fingerprint density at radius 2 is 0.405 bits per heavy atom. The van der Waals surface area contributed by atoms with Gasteiger partial charge in [-0.05, 0) is 132 Å². The number of aromatic carboxylic acids is 4. The van der Waals surface area contributed by atoms with Gasteiger partial charge in [0.15, 0.2) is 0 Å². The molecule has 0 saturated carbocycles. The molecule has 0 radical (unpaired) electrons. The Morgan fingerprint density at radius 1 is 0.274 bits per heavy atom. The Labute approximate surface area is 488 Å². The number of halogens is 4. The molecule has 14 rings (SSSR count). The number of carbonyl (C=O) groups excluding carboxylic acids is 2. The lowest BCUT2D eigenvalue weighted by Gasteiger charge is -2.11. The molecule has 0 amide bonds. The summed E-state index contributed by atoms with van der Waals surface area (Å²) in [5, 5.41) is 36.5. The van der Waals surface area contributed by atoms with Crippen LogP contribution in [0.3, 0.4) is 0 Å². The van der Waals surface area contributed by atoms with Crippen LogP contribution in [0.4, 0.5) is 0 Å². The molecule has 4 N–H and O–H groups in total. The van der Waals surface area contributed by atoms with Crippen LogP contribution in [0.15, 0.2) is 109 Å². The monoisotopic (exact) mass is 1220 g/mol. The fraction of sp³-hybridized carbons (Fsp3) is 0.0357. The van der Waals surface area contributed by atoms with Gasteiger partial charge in [-0.15, -0.1) is 0 Å². The minimum absolute atomic E-state index is 0. The van der Waals surface area contributed by atoms with Crippen molar-refractivity contribution in [2.75, 3.05) is 0 Å². The summed E-state index contributed by atoms with van der Waals surface area (Å²) >= 11 is 11.4. The molecule has 0 fully saturated rings. The number of nitrogens with zero attached hydrogens (tertiary/aromatic N) is 12. The van der Waals surface area contributed by atoms with Gasteiger partial charge in [-0.3, -0.25) is 9.59 Å². The lowest BCUT2D eigenvalue weighted by Crippen LogP contribution is -2.02. The standard InChI is InChI=1S/C27H10Cl2N6O4.C27H12N6O6.2CH4.Cl2OS/c28-25(36)10-1-4-13-16(7-10)33-22-19(30-13)20-23(35-18-9-12(27(38)39)3-6-15(18)32-20)24-21(22)31-14-5-2-11(26(29)37)8-17(14)34-24;34-25(35)10-1-4-13-16(7-10)31-22-19(28-13)20-23(32-17-8-11(26(36)37)2-5-14(17)29-20)24-21(22)30-15-6-3-12(27(38)39)9-18(15)33-24;;;1-4(2)3/h1-9H,(H,38,39);1-9H,(H,34,35)(H,36,37)(H,38,39);2*1H4;. The van der Waals surface area contributed by atoms with E-state index in [-0.39, 0.29) is 59.3 Å². The highest BCUT2D eigenvalue weighted by Gasteiger charge is 2.23. The van der Waals surface area contributed by atoms with E-state index in [0.29, 0.717) is 121 Å². The molecule has 0 spiro atoms. The van der Waals surface area contributed by atoms with E-state index in [2.05, 4.69) is 26.3 Å². The van der Waals surface area contributed by atoms with Crippen LogP contribution >= 0.6 is 44.6 Å². The first-order chi connectivity index (χ1) is 39.3. The molecule has 0 unspecified atom stereocenters. The van der Waals surface area contributed by atoms with Gasteiger partial charge < -0.3 is 20.4 Å². The van der Waals surface area contributed by atoms with Gasteiger partial charge >= 0.3 is 23.9 Å². The van der Waals surface area contributed by atoms with E-state index in [4.69, 9.17) is 82.2 Å². The van der Waals surface area contributed by atoms with Crippen LogP contribution in [-0.4, -0.2) is 119 Å². The van der Waals surface area contributed by atoms with Crippen LogP contribution in [0, 0.1) is 0 Å². The summed E-state index contributed by atoms with van der Waals surface area (Å²) in [6.07, 6.45) is 0. The summed E-state index contributed by atoms with van der Waals surface area (Å²) in [6.45, 7) is 0. The quantitative estimate of drug-likeness (QED) is 0.0682. The minimum atomic E-state index is -1.67. The van der Waals surface area contributed by atoms with E-state index in [9.17, 15) is 49.2 Å². The predicted molar refractivity (Wildman–Crippen MR) is 318 cm³/mol. The van der Waals surface area contributed by atoms with Crippen molar-refractivity contribution in [1.82, 2.24) is 59.8 Å². The van der Waals surface area contributed by atoms with E-state index in [1.807, 2.05) is 0 Å². The fourth-order valence-electron chi connectivity index (χ4n) is 9.08. The third-order valence-electron chi connectivity index (χ3n) is 12.8. The van der Waals surface area contributed by atoms with Gasteiger partial charge in [0.2, 0.25) is 9.23 Å². The molecule has 0 saturated heterocycles. The Kier molecular flexibility index (Phi) is 15.0. The van der Waals surface area contributed by atoms with Crippen LogP contribution in [-0.2, 0) is 9.23 Å². The SMILES string of the molecule is C.C.O=C(O)c1ccc2nc3c4nc5ccc(C(=O)Cl)cc5nc4c4nc5ccc(C(=O)Cl)cc5nc4c3nc2c1.O=C(O)c1ccc2nc3c4nc5ccc(C(=O)O)cc5nc4c4nc5cc(C(=O)O)ccc5nc4c3nc2c1.O=S(Cl)Cl. The van der Waals surface area contributed by atoms with Crippen LogP contribution in [0.5, 0.6) is 0 Å². The second-order valence-corrected chi connectivity index (χ2v) is 20.9. The van der Waals surface area contributed by atoms with Crippen molar-refractivity contribution >= 4 is 221 Å². The zero-order chi connectivity index (χ0) is 57.6. The molecule has 6 heterocycles. The number of hydrogen-bond donors (Lipinski definition) is 4. The molecule has 0 atom stereocenters. The Hall–Kier alpha value is -10.1. The minimum Gasteiger partial charge on any atom is -0.478 e. The smallest absolute Gasteiger partial charge is 0.335 e. The van der Waals surface area contributed by atoms with Crippen LogP contribution in [0.1, 0.15) is 77.0 Å². The van der Waals surface area contributed by atoms with E-state index in [1.54, 1.807) is 48.5 Å². The van der Waals surface area contributed by atoms with Gasteiger partial charge in [-0.1, -0.05) is 14.9 Å². The van der Waals surface area contributed by atoms with Gasteiger partial charge in [0.25, 0.3) is 10.5 Å². The first-order valence-corrected chi connectivity index (χ1v) is 26.8. The Balaban J connectivity index is 0.000000172. The molecule has 28 heteroatoms. The molecular formula is C56H30Cl4N12O11S. The average molecular weight is 1220 g/mol. The highest BCUT2D eigenvalue weighted by atomic mass is 36.0. The lowest BCUT2D eigenvalue weighted by atomic mass is 10.1. The van der Waals surface area contributed by atoms with Gasteiger partial charge in [0.05, 0.1) is 88.5 Å². The summed E-state index contributed by atoms with van der Waals surface area (Å²) in [4.78, 5) is 127. The van der Waals surface area contributed by atoms with Crippen molar-refractivity contribution in [3.63, 3.8) is 0 Å². The number of aromatic nitrogens is 12. The van der Waals surface area contributed by atoms with Crippen LogP contribution in [0.25, 0.3) is 132 Å². The molecule has 8 aromatic carbocycles. The molecule has 23 nitrogen and oxygen atoms in total. The highest BCUT2D eigenvalue weighted by Crippen LogP contribution is 2.36. The maximum absolute atomic E-state index is 11.8. The van der Waals surface area contributed by atoms with Crippen LogP contribution < -0.4 is 0 Å². The molecule has 0 aliphatic heterocycles. The van der Waals surface area contributed by atoms with Crippen molar-refractivity contribution < 1.29 is 53.4 Å². The Bertz CT molecular complexity index is 5030. The molecule has 84 heavy (non-hydrogen) atoms. The van der Waals surface area contributed by atoms with Gasteiger partial charge in [-0.2, -0.15) is 0 Å². The van der Waals surface area contributed by atoms with Gasteiger partial charge in [0.1, 0.15) is 66.2 Å². The fourth-order valence-corrected chi connectivity index (χ4v) is 9.32. The second kappa shape index (κ2) is 22.0. The zero-order valence-corrected chi connectivity index (χ0v) is 44.2. The maximum atomic E-state index is 11.8. The normalized spacial score (nSPS) is 11.3. The number of carbonyl (C=O) groups is 6. The number of rotatable bonds is 6. The molecule has 0 bridgehead atoms. The summed E-state index contributed by atoms with van der Waals surface area (Å²) in [5.41, 5.74) is 9.33. The number of carboxylic acid groups (broad SMARTS) is 4. The Morgan fingerprint density at radius 3 is 0.548 bits per heavy atom. The van der Waals surface area contributed by atoms with E-state index >= 15 is 0 Å². The van der Waals surface area contributed by atoms with Crippen molar-refractivity contribution in [3.05, 3.63) is 143 Å². The van der Waals surface area contributed by atoms with E-state index in [0.717, 1.165) is 0 Å². The molecule has 6 aromatic heterocycles. The average Bonchev–Trinajstić information content (AvgIpc) is 1.07. The summed E-state index contributed by atoms with van der Waals surface area (Å²) < 4.78 is 9.09. The number of fused-ring (bicyclic) bond motifs is 18. The lowest BCUT2D eigenvalue weighted by molar-refractivity contribution is 0.0686. The summed E-state index contributed by atoms with van der Waals surface area (Å²) in [6, 6.07) is 26.9.